The summed E-state index contributed by atoms with van der Waals surface area (Å²) in [4.78, 5) is 37.7. The van der Waals surface area contributed by atoms with Crippen LogP contribution in [0, 0.1) is 5.92 Å². The van der Waals surface area contributed by atoms with Crippen molar-refractivity contribution in [2.45, 2.75) is 37.9 Å². The first-order valence-electron chi connectivity index (χ1n) is 8.81. The van der Waals surface area contributed by atoms with E-state index in [2.05, 4.69) is 5.32 Å². The van der Waals surface area contributed by atoms with Crippen molar-refractivity contribution in [1.29, 1.82) is 0 Å². The molecule has 2 N–H and O–H groups in total. The molecule has 0 spiro atoms. The summed E-state index contributed by atoms with van der Waals surface area (Å²) in [5.41, 5.74) is 0.888. The number of anilines is 1. The average Bonchev–Trinajstić information content (AvgIpc) is 3.36. The number of hydrogen-bond donors (Lipinski definition) is 2. The summed E-state index contributed by atoms with van der Waals surface area (Å²) in [6.45, 7) is -1.11. The molecule has 1 aliphatic heterocycles. The van der Waals surface area contributed by atoms with E-state index < -0.39 is 30.6 Å². The van der Waals surface area contributed by atoms with Crippen LogP contribution in [-0.2, 0) is 9.59 Å². The van der Waals surface area contributed by atoms with Crippen LogP contribution < -0.4 is 10.6 Å². The Kier molecular flexibility index (Phi) is 5.38. The molecule has 2 fully saturated rings. The Hall–Kier alpha value is -2.58. The molecule has 0 aromatic heterocycles. The molecular weight excluding hydrogens is 363 g/mol. The highest BCUT2D eigenvalue weighted by molar-refractivity contribution is 5.99. The summed E-state index contributed by atoms with van der Waals surface area (Å²) in [6, 6.07) is 5.36. The number of nitrogens with zero attached hydrogens (tertiary/aromatic N) is 1. The number of hydrogen-bond acceptors (Lipinski definition) is 3. The first-order chi connectivity index (χ1) is 12.7. The number of carbonyl (C=O) groups excluding carboxylic acids is 3. The number of likely N-dealkylation sites (tertiary alicyclic amines) is 1. The third-order valence-electron chi connectivity index (χ3n) is 4.63. The first kappa shape index (κ1) is 19.2. The average molecular weight is 383 g/mol. The molecular formula is C18H20F3N3O3. The fraction of sp³-hybridized carbons (Fsp3) is 0.500. The topological polar surface area (TPSA) is 78.5 Å². The number of benzene rings is 1. The van der Waals surface area contributed by atoms with Gasteiger partial charge < -0.3 is 15.5 Å². The number of halogens is 3. The second-order valence-corrected chi connectivity index (χ2v) is 6.83. The second kappa shape index (κ2) is 7.58. The predicted octanol–water partition coefficient (Wildman–Crippen LogP) is 2.32. The molecule has 2 aliphatic rings. The van der Waals surface area contributed by atoms with Crippen molar-refractivity contribution in [2.24, 2.45) is 5.92 Å². The van der Waals surface area contributed by atoms with Gasteiger partial charge in [0.05, 0.1) is 0 Å². The van der Waals surface area contributed by atoms with Gasteiger partial charge in [0.1, 0.15) is 12.6 Å². The molecule has 1 unspecified atom stereocenters. The van der Waals surface area contributed by atoms with Crippen LogP contribution >= 0.6 is 0 Å². The number of rotatable bonds is 5. The third-order valence-corrected chi connectivity index (χ3v) is 4.63. The lowest BCUT2D eigenvalue weighted by Gasteiger charge is -2.24. The lowest BCUT2D eigenvalue weighted by molar-refractivity contribution is -0.140. The van der Waals surface area contributed by atoms with Crippen molar-refractivity contribution in [3.63, 3.8) is 0 Å². The predicted molar refractivity (Wildman–Crippen MR) is 90.9 cm³/mol. The number of alkyl halides is 3. The summed E-state index contributed by atoms with van der Waals surface area (Å²) >= 11 is 0. The molecule has 6 nitrogen and oxygen atoms in total. The molecule has 9 heteroatoms. The maximum absolute atomic E-state index is 12.7. The van der Waals surface area contributed by atoms with Gasteiger partial charge in [0.25, 0.3) is 5.91 Å². The van der Waals surface area contributed by atoms with E-state index in [9.17, 15) is 27.6 Å². The van der Waals surface area contributed by atoms with E-state index in [1.54, 1.807) is 12.1 Å². The minimum atomic E-state index is -4.50. The van der Waals surface area contributed by atoms with E-state index in [0.29, 0.717) is 30.6 Å². The zero-order valence-corrected chi connectivity index (χ0v) is 14.5. The monoisotopic (exact) mass is 383 g/mol. The van der Waals surface area contributed by atoms with E-state index in [-0.39, 0.29) is 11.8 Å². The molecule has 0 radical (unpaired) electrons. The minimum Gasteiger partial charge on any atom is -0.345 e. The Morgan fingerprint density at radius 1 is 1.04 bits per heavy atom. The van der Waals surface area contributed by atoms with Crippen molar-refractivity contribution < 1.29 is 27.6 Å². The van der Waals surface area contributed by atoms with E-state index in [0.717, 1.165) is 12.8 Å². The molecule has 1 atom stereocenters. The van der Waals surface area contributed by atoms with Gasteiger partial charge in [-0.2, -0.15) is 13.2 Å². The van der Waals surface area contributed by atoms with Crippen molar-refractivity contribution >= 4 is 23.4 Å². The van der Waals surface area contributed by atoms with E-state index >= 15 is 0 Å². The van der Waals surface area contributed by atoms with Gasteiger partial charge in [0.15, 0.2) is 0 Å². The van der Waals surface area contributed by atoms with Crippen molar-refractivity contribution in [1.82, 2.24) is 10.2 Å². The molecule has 3 rings (SSSR count). The highest BCUT2D eigenvalue weighted by atomic mass is 19.4. The number of carbonyl (C=O) groups is 3. The van der Waals surface area contributed by atoms with Crippen LogP contribution in [0.3, 0.4) is 0 Å². The van der Waals surface area contributed by atoms with Crippen LogP contribution in [0.4, 0.5) is 18.9 Å². The maximum Gasteiger partial charge on any atom is 0.405 e. The minimum absolute atomic E-state index is 0.0463. The summed E-state index contributed by atoms with van der Waals surface area (Å²) < 4.78 is 36.8. The Morgan fingerprint density at radius 2 is 1.70 bits per heavy atom. The van der Waals surface area contributed by atoms with Gasteiger partial charge in [-0.05, 0) is 49.9 Å². The van der Waals surface area contributed by atoms with Crippen LogP contribution in [0.2, 0.25) is 0 Å². The smallest absolute Gasteiger partial charge is 0.345 e. The Bertz CT molecular complexity index is 730. The Balaban J connectivity index is 1.61. The van der Waals surface area contributed by atoms with E-state index in [1.165, 1.54) is 17.0 Å². The standard InChI is InChI=1S/C18H20F3N3O3/c19-18(20,21)10-22-16(26)14-2-1-9-24(14)17(27)12-5-7-13(8-6-12)23-15(25)11-3-4-11/h5-8,11,14H,1-4,9-10H2,(H,22,26)(H,23,25). The van der Waals surface area contributed by atoms with E-state index in [1.807, 2.05) is 5.32 Å². The van der Waals surface area contributed by atoms with E-state index in [4.69, 9.17) is 0 Å². The molecule has 3 amide bonds. The molecule has 1 aromatic carbocycles. The SMILES string of the molecule is O=C(Nc1ccc(C(=O)N2CCCC2C(=O)NCC(F)(F)F)cc1)C1CC1. The van der Waals surface area contributed by atoms with Crippen LogP contribution in [-0.4, -0.2) is 47.9 Å². The molecule has 0 bridgehead atoms. The Labute approximate surface area is 154 Å². The number of nitrogens with one attached hydrogen (secondary N) is 2. The normalized spacial score (nSPS) is 19.7. The quantitative estimate of drug-likeness (QED) is 0.819. The van der Waals surface area contributed by atoms with Gasteiger partial charge in [0, 0.05) is 23.7 Å². The van der Waals surface area contributed by atoms with Crippen LogP contribution in [0.15, 0.2) is 24.3 Å². The first-order valence-corrected chi connectivity index (χ1v) is 8.81. The van der Waals surface area contributed by atoms with Crippen LogP contribution in [0.1, 0.15) is 36.0 Å². The van der Waals surface area contributed by atoms with Crippen molar-refractivity contribution in [3.05, 3.63) is 29.8 Å². The fourth-order valence-corrected chi connectivity index (χ4v) is 3.04. The second-order valence-electron chi connectivity index (χ2n) is 6.83. The van der Waals surface area contributed by atoms with Crippen molar-refractivity contribution in [2.75, 3.05) is 18.4 Å². The highest BCUT2D eigenvalue weighted by Gasteiger charge is 2.36. The van der Waals surface area contributed by atoms with Crippen LogP contribution in [0.25, 0.3) is 0 Å². The molecule has 1 saturated carbocycles. The lowest BCUT2D eigenvalue weighted by Crippen LogP contribution is -2.48. The maximum atomic E-state index is 12.7. The Morgan fingerprint density at radius 3 is 2.30 bits per heavy atom. The summed E-state index contributed by atoms with van der Waals surface area (Å²) in [5, 5.41) is 4.61. The van der Waals surface area contributed by atoms with Crippen LogP contribution in [0.5, 0.6) is 0 Å². The lowest BCUT2D eigenvalue weighted by atomic mass is 10.1. The molecule has 27 heavy (non-hydrogen) atoms. The molecule has 1 heterocycles. The summed E-state index contributed by atoms with van der Waals surface area (Å²) in [6.07, 6.45) is -1.86. The molecule has 1 aliphatic carbocycles. The third kappa shape index (κ3) is 4.99. The largest absolute Gasteiger partial charge is 0.405 e. The van der Waals surface area contributed by atoms with Gasteiger partial charge in [-0.1, -0.05) is 0 Å². The molecule has 146 valence electrons. The van der Waals surface area contributed by atoms with Crippen molar-refractivity contribution in [3.8, 4) is 0 Å². The van der Waals surface area contributed by atoms with Gasteiger partial charge in [-0.3, -0.25) is 14.4 Å². The highest BCUT2D eigenvalue weighted by Crippen LogP contribution is 2.30. The zero-order valence-electron chi connectivity index (χ0n) is 14.5. The summed E-state index contributed by atoms with van der Waals surface area (Å²) in [5.74, 6) is -1.20. The van der Waals surface area contributed by atoms with Gasteiger partial charge >= 0.3 is 6.18 Å². The fourth-order valence-electron chi connectivity index (χ4n) is 3.04. The zero-order chi connectivity index (χ0) is 19.6. The molecule has 1 saturated heterocycles. The van der Waals surface area contributed by atoms with Gasteiger partial charge in [-0.25, -0.2) is 0 Å². The number of amides is 3. The molecule has 1 aromatic rings. The van der Waals surface area contributed by atoms with Gasteiger partial charge in [0.2, 0.25) is 11.8 Å². The summed E-state index contributed by atoms with van der Waals surface area (Å²) in [7, 11) is 0. The van der Waals surface area contributed by atoms with Gasteiger partial charge in [-0.15, -0.1) is 0 Å².